The second-order valence-corrected chi connectivity index (χ2v) is 7.62. The van der Waals surface area contributed by atoms with Crippen molar-refractivity contribution in [2.45, 2.75) is 43.6 Å². The molecule has 3 amide bonds. The number of hydrogen-bond donors (Lipinski definition) is 5. The first-order chi connectivity index (χ1) is 14.2. The summed E-state index contributed by atoms with van der Waals surface area (Å²) in [6.45, 7) is 1.19. The van der Waals surface area contributed by atoms with Gasteiger partial charge in [-0.15, -0.1) is 11.8 Å². The molecule has 2 aliphatic heterocycles. The van der Waals surface area contributed by atoms with Crippen molar-refractivity contribution in [3.63, 3.8) is 0 Å². The van der Waals surface area contributed by atoms with Crippen molar-refractivity contribution in [1.29, 1.82) is 0 Å². The average Bonchev–Trinajstić information content (AvgIpc) is 2.69. The summed E-state index contributed by atoms with van der Waals surface area (Å²) in [5.41, 5.74) is -0.0261. The van der Waals surface area contributed by atoms with Crippen molar-refractivity contribution in [3.8, 4) is 0 Å². The van der Waals surface area contributed by atoms with E-state index in [0.29, 0.717) is 0 Å². The van der Waals surface area contributed by atoms with E-state index in [1.807, 2.05) is 0 Å². The molecule has 0 spiro atoms. The topological polar surface area (TPSA) is 183 Å². The fourth-order valence-electron chi connectivity index (χ4n) is 3.09. The molecule has 166 valence electrons. The predicted molar refractivity (Wildman–Crippen MR) is 102 cm³/mol. The van der Waals surface area contributed by atoms with Crippen LogP contribution in [0.4, 0.5) is 4.79 Å². The normalized spacial score (nSPS) is 21.3. The van der Waals surface area contributed by atoms with E-state index < -0.39 is 53.9 Å². The van der Waals surface area contributed by atoms with Crippen LogP contribution < -0.4 is 10.6 Å². The molecule has 2 rings (SSSR count). The highest BCUT2D eigenvalue weighted by atomic mass is 32.2. The van der Waals surface area contributed by atoms with Crippen LogP contribution in [0.5, 0.6) is 0 Å². The molecule has 0 aromatic rings. The third kappa shape index (κ3) is 5.21. The lowest BCUT2D eigenvalue weighted by Gasteiger charge is -2.49. The molecule has 1 fully saturated rings. The smallest absolute Gasteiger partial charge is 0.407 e. The Morgan fingerprint density at radius 3 is 2.57 bits per heavy atom. The number of rotatable bonds is 10. The van der Waals surface area contributed by atoms with Crippen LogP contribution in [0, 0.1) is 0 Å². The summed E-state index contributed by atoms with van der Waals surface area (Å²) in [6.07, 6.45) is -0.838. The van der Waals surface area contributed by atoms with E-state index in [1.165, 1.54) is 11.8 Å². The zero-order valence-corrected chi connectivity index (χ0v) is 16.9. The molecule has 0 bridgehead atoms. The molecule has 0 unspecified atom stereocenters. The molecular weight excluding hydrogens is 422 g/mol. The van der Waals surface area contributed by atoms with Crippen LogP contribution in [0.1, 0.15) is 26.2 Å². The van der Waals surface area contributed by atoms with Gasteiger partial charge in [0.2, 0.25) is 5.91 Å². The minimum atomic E-state index is -1.32. The fourth-order valence-corrected chi connectivity index (χ4v) is 4.42. The van der Waals surface area contributed by atoms with Gasteiger partial charge >= 0.3 is 18.0 Å². The number of aliphatic hydroxyl groups excluding tert-OH is 1. The summed E-state index contributed by atoms with van der Waals surface area (Å²) in [6, 6.07) is -2.11. The number of amides is 3. The van der Waals surface area contributed by atoms with Gasteiger partial charge in [0.05, 0.1) is 13.2 Å². The van der Waals surface area contributed by atoms with Gasteiger partial charge in [-0.05, 0) is 25.3 Å². The number of β-lactam (4-membered cyclic amide) rings is 1. The van der Waals surface area contributed by atoms with E-state index in [2.05, 4.69) is 15.4 Å². The number of carboxylic acid groups (broad SMARTS) is 2. The monoisotopic (exact) mass is 445 g/mol. The number of nitrogens with one attached hydrogen (secondary N) is 2. The Labute approximate surface area is 175 Å². The van der Waals surface area contributed by atoms with E-state index in [0.717, 1.165) is 4.90 Å². The van der Waals surface area contributed by atoms with Crippen molar-refractivity contribution in [3.05, 3.63) is 11.3 Å². The maximum atomic E-state index is 12.3. The molecule has 12 nitrogen and oxygen atoms in total. The highest BCUT2D eigenvalue weighted by Gasteiger charge is 2.54. The van der Waals surface area contributed by atoms with Crippen molar-refractivity contribution in [1.82, 2.24) is 15.5 Å². The van der Waals surface area contributed by atoms with Crippen LogP contribution in [0.25, 0.3) is 0 Å². The number of nitrogens with zero attached hydrogens (tertiary/aromatic N) is 1. The highest BCUT2D eigenvalue weighted by molar-refractivity contribution is 8.00. The molecule has 1 saturated heterocycles. The zero-order chi connectivity index (χ0) is 22.4. The van der Waals surface area contributed by atoms with Gasteiger partial charge in [0.25, 0.3) is 5.91 Å². The molecule has 0 aromatic heterocycles. The quantitative estimate of drug-likeness (QED) is 0.264. The lowest BCUT2D eigenvalue weighted by Crippen LogP contribution is -2.70. The molecule has 2 heterocycles. The summed E-state index contributed by atoms with van der Waals surface area (Å²) >= 11 is 1.23. The summed E-state index contributed by atoms with van der Waals surface area (Å²) < 4.78 is 4.63. The van der Waals surface area contributed by atoms with Crippen LogP contribution in [-0.2, 0) is 23.9 Å². The standard InChI is InChI=1S/C17H23N3O9S/c1-2-29-17(28)18-9(15(24)25)4-3-5-10(22)19-11-13(23)20-12(16(26)27)8(6-21)7-30-14(11)20/h9,11,14,21H,2-7H2,1H3,(H,18,28)(H,19,22)(H,24,25)(H,26,27)/t9-,11-,14-/m1/s1. The highest BCUT2D eigenvalue weighted by Crippen LogP contribution is 2.40. The molecule has 30 heavy (non-hydrogen) atoms. The summed E-state index contributed by atoms with van der Waals surface area (Å²) in [7, 11) is 0. The van der Waals surface area contributed by atoms with E-state index >= 15 is 0 Å². The van der Waals surface area contributed by atoms with Gasteiger partial charge in [0, 0.05) is 12.2 Å². The molecule has 2 aliphatic rings. The third-order valence-electron chi connectivity index (χ3n) is 4.52. The number of ether oxygens (including phenoxy) is 1. The maximum Gasteiger partial charge on any atom is 0.407 e. The van der Waals surface area contributed by atoms with Crippen molar-refractivity contribution < 1.29 is 44.0 Å². The largest absolute Gasteiger partial charge is 0.480 e. The molecular formula is C17H23N3O9S. The number of carboxylic acids is 2. The van der Waals surface area contributed by atoms with Crippen LogP contribution in [0.15, 0.2) is 11.3 Å². The van der Waals surface area contributed by atoms with Crippen molar-refractivity contribution in [2.75, 3.05) is 19.0 Å². The minimum absolute atomic E-state index is 0.0176. The van der Waals surface area contributed by atoms with Gasteiger partial charge < -0.3 is 30.7 Å². The van der Waals surface area contributed by atoms with Crippen LogP contribution in [0.3, 0.4) is 0 Å². The van der Waals surface area contributed by atoms with Gasteiger partial charge in [-0.2, -0.15) is 0 Å². The SMILES string of the molecule is CCOC(=O)N[C@H](CCCC(=O)N[C@@H]1C(=O)N2C(C(=O)O)=C(CO)CS[C@H]12)C(=O)O. The lowest BCUT2D eigenvalue weighted by atomic mass is 10.0. The third-order valence-corrected chi connectivity index (χ3v) is 5.86. The Morgan fingerprint density at radius 1 is 1.30 bits per heavy atom. The molecule has 0 radical (unpaired) electrons. The van der Waals surface area contributed by atoms with E-state index in [9.17, 15) is 34.2 Å². The Hall–Kier alpha value is -2.80. The van der Waals surface area contributed by atoms with Crippen molar-refractivity contribution in [2.24, 2.45) is 0 Å². The van der Waals surface area contributed by atoms with E-state index in [1.54, 1.807) is 6.92 Å². The van der Waals surface area contributed by atoms with Crippen LogP contribution in [0.2, 0.25) is 0 Å². The number of carbonyl (C=O) groups is 5. The lowest BCUT2D eigenvalue weighted by molar-refractivity contribution is -0.150. The van der Waals surface area contributed by atoms with Gasteiger partial charge in [0.15, 0.2) is 0 Å². The van der Waals surface area contributed by atoms with Gasteiger partial charge in [0.1, 0.15) is 23.2 Å². The summed E-state index contributed by atoms with van der Waals surface area (Å²) in [5.74, 6) is -3.45. The summed E-state index contributed by atoms with van der Waals surface area (Å²) in [5, 5.41) is 31.9. The molecule has 13 heteroatoms. The van der Waals surface area contributed by atoms with Crippen molar-refractivity contribution >= 4 is 41.6 Å². The Kier molecular flexibility index (Phi) is 8.06. The first-order valence-electron chi connectivity index (χ1n) is 9.17. The molecule has 5 N–H and O–H groups in total. The molecule has 0 aliphatic carbocycles. The first-order valence-corrected chi connectivity index (χ1v) is 10.2. The van der Waals surface area contributed by atoms with E-state index in [-0.39, 0.29) is 42.9 Å². The molecule has 3 atom stereocenters. The fraction of sp³-hybridized carbons (Fsp3) is 0.588. The number of carbonyl (C=O) groups excluding carboxylic acids is 3. The zero-order valence-electron chi connectivity index (χ0n) is 16.1. The molecule has 0 saturated carbocycles. The summed E-state index contributed by atoms with van der Waals surface area (Å²) in [4.78, 5) is 59.5. The maximum absolute atomic E-state index is 12.3. The number of fused-ring (bicyclic) bond motifs is 1. The van der Waals surface area contributed by atoms with Gasteiger partial charge in [-0.3, -0.25) is 14.5 Å². The van der Waals surface area contributed by atoms with Crippen LogP contribution >= 0.6 is 11.8 Å². The average molecular weight is 445 g/mol. The van der Waals surface area contributed by atoms with Gasteiger partial charge in [-0.1, -0.05) is 0 Å². The number of aliphatic hydroxyl groups is 1. The first kappa shape index (κ1) is 23.5. The number of hydrogen-bond acceptors (Lipinski definition) is 8. The van der Waals surface area contributed by atoms with Crippen LogP contribution in [-0.4, -0.2) is 86.5 Å². The second kappa shape index (κ2) is 10.3. The Balaban J connectivity index is 1.86. The Bertz CT molecular complexity index is 770. The number of alkyl carbamates (subject to hydrolysis) is 1. The number of thioether (sulfide) groups is 1. The Morgan fingerprint density at radius 2 is 2.00 bits per heavy atom. The second-order valence-electron chi connectivity index (χ2n) is 6.52. The predicted octanol–water partition coefficient (Wildman–Crippen LogP) is -0.913. The number of aliphatic carboxylic acids is 2. The minimum Gasteiger partial charge on any atom is -0.480 e. The van der Waals surface area contributed by atoms with E-state index in [4.69, 9.17) is 5.11 Å². The molecule has 0 aromatic carbocycles. The van der Waals surface area contributed by atoms with Gasteiger partial charge in [-0.25, -0.2) is 14.4 Å².